The van der Waals surface area contributed by atoms with Crippen molar-refractivity contribution in [2.24, 2.45) is 0 Å². The van der Waals surface area contributed by atoms with Crippen molar-refractivity contribution in [3.8, 4) is 0 Å². The molecule has 0 bridgehead atoms. The summed E-state index contributed by atoms with van der Waals surface area (Å²) in [6.45, 7) is 4.23. The quantitative estimate of drug-likeness (QED) is 0.484. The average molecular weight is 318 g/mol. The predicted octanol–water partition coefficient (Wildman–Crippen LogP) is 5.27. The summed E-state index contributed by atoms with van der Waals surface area (Å²) in [5.41, 5.74) is 6.11. The van der Waals surface area contributed by atoms with Gasteiger partial charge < -0.3 is 0 Å². The lowest BCUT2D eigenvalue weighted by atomic mass is 9.97. The highest BCUT2D eigenvalue weighted by molar-refractivity contribution is 8.02. The lowest BCUT2D eigenvalue weighted by Crippen LogP contribution is -1.90. The van der Waals surface area contributed by atoms with E-state index in [0.29, 0.717) is 0 Å². The Kier molecular flexibility index (Phi) is 4.89. The Morgan fingerprint density at radius 1 is 0.826 bits per heavy atom. The van der Waals surface area contributed by atoms with Crippen molar-refractivity contribution in [2.75, 3.05) is 0 Å². The van der Waals surface area contributed by atoms with E-state index < -0.39 is 0 Å². The van der Waals surface area contributed by atoms with Crippen LogP contribution in [0, 0.1) is 13.8 Å². The van der Waals surface area contributed by atoms with Gasteiger partial charge >= 0.3 is 0 Å². The van der Waals surface area contributed by atoms with Gasteiger partial charge in [-0.05, 0) is 42.0 Å². The Morgan fingerprint density at radius 2 is 1.39 bits per heavy atom. The second-order valence-corrected chi connectivity index (χ2v) is 6.26. The zero-order valence-corrected chi connectivity index (χ0v) is 14.0. The Morgan fingerprint density at radius 3 is 1.91 bits per heavy atom. The number of rotatable bonds is 4. The summed E-state index contributed by atoms with van der Waals surface area (Å²) in [6.07, 6.45) is 3.53. The monoisotopic (exact) mass is 318 g/mol. The van der Waals surface area contributed by atoms with Crippen LogP contribution in [-0.4, -0.2) is 9.97 Å². The van der Waals surface area contributed by atoms with Gasteiger partial charge in [-0.25, -0.2) is 9.97 Å². The van der Waals surface area contributed by atoms with Crippen molar-refractivity contribution in [3.63, 3.8) is 0 Å². The van der Waals surface area contributed by atoms with Crippen LogP contribution in [0.25, 0.3) is 5.57 Å². The molecular weight excluding hydrogens is 300 g/mol. The summed E-state index contributed by atoms with van der Waals surface area (Å²) in [7, 11) is 0. The van der Waals surface area contributed by atoms with E-state index >= 15 is 0 Å². The van der Waals surface area contributed by atoms with E-state index in [9.17, 15) is 0 Å². The number of benzene rings is 2. The van der Waals surface area contributed by atoms with Crippen LogP contribution in [-0.2, 0) is 0 Å². The fourth-order valence-electron chi connectivity index (χ4n) is 2.39. The van der Waals surface area contributed by atoms with Gasteiger partial charge in [-0.3, -0.25) is 0 Å². The molecule has 0 radical (unpaired) electrons. The average Bonchev–Trinajstić information content (AvgIpc) is 2.56. The van der Waals surface area contributed by atoms with Crippen LogP contribution >= 0.6 is 11.8 Å². The minimum atomic E-state index is 0.755. The van der Waals surface area contributed by atoms with Crippen LogP contribution in [0.2, 0.25) is 0 Å². The van der Waals surface area contributed by atoms with Gasteiger partial charge in [-0.1, -0.05) is 71.4 Å². The molecule has 0 aliphatic heterocycles. The molecular formula is C20H18N2S. The van der Waals surface area contributed by atoms with Crippen molar-refractivity contribution in [3.05, 3.63) is 94.7 Å². The molecule has 0 saturated carbocycles. The maximum Gasteiger partial charge on any atom is 0.191 e. The Bertz CT molecular complexity index is 778. The number of hydrogen-bond acceptors (Lipinski definition) is 3. The lowest BCUT2D eigenvalue weighted by molar-refractivity contribution is 0.971. The molecule has 1 heterocycles. The van der Waals surface area contributed by atoms with E-state index in [-0.39, 0.29) is 0 Å². The molecule has 0 amide bonds. The molecule has 2 aromatic carbocycles. The van der Waals surface area contributed by atoms with Gasteiger partial charge in [0.05, 0.1) is 0 Å². The van der Waals surface area contributed by atoms with Gasteiger partial charge in [0.15, 0.2) is 5.16 Å². The largest absolute Gasteiger partial charge is 0.231 e. The van der Waals surface area contributed by atoms with E-state index in [1.807, 2.05) is 6.07 Å². The van der Waals surface area contributed by atoms with Gasteiger partial charge in [0, 0.05) is 12.4 Å². The van der Waals surface area contributed by atoms with Gasteiger partial charge in [0.2, 0.25) is 0 Å². The summed E-state index contributed by atoms with van der Waals surface area (Å²) >= 11 is 1.55. The molecule has 2 nitrogen and oxygen atoms in total. The number of aryl methyl sites for hydroxylation is 2. The molecule has 3 heteroatoms. The summed E-state index contributed by atoms with van der Waals surface area (Å²) in [4.78, 5) is 8.56. The van der Waals surface area contributed by atoms with Crippen molar-refractivity contribution >= 4 is 17.3 Å². The Labute approximate surface area is 141 Å². The van der Waals surface area contributed by atoms with E-state index in [0.717, 1.165) is 5.16 Å². The van der Waals surface area contributed by atoms with Crippen LogP contribution in [0.5, 0.6) is 0 Å². The lowest BCUT2D eigenvalue weighted by Gasteiger charge is -2.10. The standard InChI is InChI=1S/C20H18N2S/c1-15-6-3-8-17(12-15)19(18-9-4-7-16(2)13-18)14-23-20-21-10-5-11-22-20/h3-14H,1-2H3. The second-order valence-electron chi connectivity index (χ2n) is 5.42. The third-order valence-corrected chi connectivity index (χ3v) is 4.26. The molecule has 3 rings (SSSR count). The first-order valence-corrected chi connectivity index (χ1v) is 8.38. The second kappa shape index (κ2) is 7.25. The zero-order chi connectivity index (χ0) is 16.1. The van der Waals surface area contributed by atoms with Crippen LogP contribution < -0.4 is 0 Å². The first kappa shape index (κ1) is 15.5. The minimum Gasteiger partial charge on any atom is -0.231 e. The van der Waals surface area contributed by atoms with Crippen molar-refractivity contribution in [1.82, 2.24) is 9.97 Å². The molecule has 0 N–H and O–H groups in total. The van der Waals surface area contributed by atoms with Gasteiger partial charge in [0.1, 0.15) is 0 Å². The highest BCUT2D eigenvalue weighted by Crippen LogP contribution is 2.29. The Hall–Kier alpha value is -2.39. The number of hydrogen-bond donors (Lipinski definition) is 0. The summed E-state index contributed by atoms with van der Waals surface area (Å²) in [5.74, 6) is 0. The number of aromatic nitrogens is 2. The zero-order valence-electron chi connectivity index (χ0n) is 13.2. The first-order valence-electron chi connectivity index (χ1n) is 7.50. The van der Waals surface area contributed by atoms with E-state index in [1.165, 1.54) is 27.8 Å². The summed E-state index contributed by atoms with van der Waals surface area (Å²) < 4.78 is 0. The third kappa shape index (κ3) is 4.08. The maximum atomic E-state index is 4.28. The molecule has 0 atom stereocenters. The highest BCUT2D eigenvalue weighted by atomic mass is 32.2. The van der Waals surface area contributed by atoms with Crippen LogP contribution in [0.1, 0.15) is 22.3 Å². The van der Waals surface area contributed by atoms with Gasteiger partial charge in [-0.2, -0.15) is 0 Å². The van der Waals surface area contributed by atoms with Crippen LogP contribution in [0.4, 0.5) is 0 Å². The molecule has 3 aromatic rings. The van der Waals surface area contributed by atoms with Crippen molar-refractivity contribution in [1.29, 1.82) is 0 Å². The predicted molar refractivity (Wildman–Crippen MR) is 97.3 cm³/mol. The number of nitrogens with zero attached hydrogens (tertiary/aromatic N) is 2. The fourth-order valence-corrected chi connectivity index (χ4v) is 3.12. The molecule has 0 fully saturated rings. The molecule has 1 aromatic heterocycles. The molecule has 0 spiro atoms. The normalized spacial score (nSPS) is 10.3. The van der Waals surface area contributed by atoms with Gasteiger partial charge in [0.25, 0.3) is 0 Å². The molecule has 114 valence electrons. The SMILES string of the molecule is Cc1cccc(C(=CSc2ncccn2)c2cccc(C)c2)c1. The fraction of sp³-hybridized carbons (Fsp3) is 0.100. The molecule has 0 aliphatic rings. The number of thioether (sulfide) groups is 1. The maximum absolute atomic E-state index is 4.28. The summed E-state index contributed by atoms with van der Waals surface area (Å²) in [5, 5.41) is 2.89. The van der Waals surface area contributed by atoms with E-state index in [4.69, 9.17) is 0 Å². The third-order valence-electron chi connectivity index (χ3n) is 3.48. The molecule has 0 unspecified atom stereocenters. The van der Waals surface area contributed by atoms with E-state index in [2.05, 4.69) is 77.8 Å². The first-order chi connectivity index (χ1) is 11.2. The van der Waals surface area contributed by atoms with Crippen molar-refractivity contribution in [2.45, 2.75) is 19.0 Å². The topological polar surface area (TPSA) is 25.8 Å². The minimum absolute atomic E-state index is 0.755. The highest BCUT2D eigenvalue weighted by Gasteiger charge is 2.07. The van der Waals surface area contributed by atoms with Gasteiger partial charge in [-0.15, -0.1) is 0 Å². The van der Waals surface area contributed by atoms with Crippen LogP contribution in [0.15, 0.2) is 77.6 Å². The molecule has 23 heavy (non-hydrogen) atoms. The van der Waals surface area contributed by atoms with Crippen molar-refractivity contribution < 1.29 is 0 Å². The Balaban J connectivity index is 2.03. The molecule has 0 saturated heterocycles. The van der Waals surface area contributed by atoms with Crippen LogP contribution in [0.3, 0.4) is 0 Å². The smallest absolute Gasteiger partial charge is 0.191 e. The summed E-state index contributed by atoms with van der Waals surface area (Å²) in [6, 6.07) is 19.0. The van der Waals surface area contributed by atoms with E-state index in [1.54, 1.807) is 24.2 Å². The molecule has 0 aliphatic carbocycles.